The van der Waals surface area contributed by atoms with Crippen molar-refractivity contribution in [2.75, 3.05) is 0 Å². The van der Waals surface area contributed by atoms with Gasteiger partial charge in [0.2, 0.25) is 0 Å². The molecule has 112 valence electrons. The van der Waals surface area contributed by atoms with Gasteiger partial charge in [-0.1, -0.05) is 32.0 Å². The number of aromatic carboxylic acids is 1. The molecule has 4 heteroatoms. The number of hydrogen-bond donors (Lipinski definition) is 1. The Morgan fingerprint density at radius 2 is 2.05 bits per heavy atom. The molecular weight excluding hydrogens is 276 g/mol. The number of hydrogen-bond acceptors (Lipinski definition) is 2. The zero-order valence-electron chi connectivity index (χ0n) is 12.7. The second kappa shape index (κ2) is 5.64. The molecule has 0 atom stereocenters. The van der Waals surface area contributed by atoms with Crippen molar-refractivity contribution in [2.45, 2.75) is 26.3 Å². The summed E-state index contributed by atoms with van der Waals surface area (Å²) in [5.41, 5.74) is 3.25. The van der Waals surface area contributed by atoms with E-state index in [2.05, 4.69) is 24.9 Å². The van der Waals surface area contributed by atoms with E-state index >= 15 is 0 Å². The zero-order valence-corrected chi connectivity index (χ0v) is 12.7. The lowest BCUT2D eigenvalue weighted by Crippen LogP contribution is -2.10. The first kappa shape index (κ1) is 14.3. The summed E-state index contributed by atoms with van der Waals surface area (Å²) in [6.07, 6.45) is 1.72. The third-order valence-corrected chi connectivity index (χ3v) is 3.87. The normalized spacial score (nSPS) is 11.2. The van der Waals surface area contributed by atoms with Crippen LogP contribution in [-0.4, -0.2) is 20.6 Å². The lowest BCUT2D eigenvalue weighted by Gasteiger charge is -2.10. The van der Waals surface area contributed by atoms with Gasteiger partial charge in [0, 0.05) is 17.1 Å². The molecule has 0 unspecified atom stereocenters. The Morgan fingerprint density at radius 3 is 2.68 bits per heavy atom. The average Bonchev–Trinajstić information content (AvgIpc) is 2.87. The molecule has 0 spiro atoms. The first-order valence-electron chi connectivity index (χ1n) is 7.33. The van der Waals surface area contributed by atoms with Crippen LogP contribution in [0.15, 0.2) is 48.7 Å². The Balaban J connectivity index is 2.21. The molecule has 22 heavy (non-hydrogen) atoms. The number of carbonyl (C=O) groups is 1. The zero-order chi connectivity index (χ0) is 15.7. The second-order valence-electron chi connectivity index (χ2n) is 5.68. The van der Waals surface area contributed by atoms with Gasteiger partial charge in [-0.25, -0.2) is 4.79 Å². The number of pyridine rings is 1. The van der Waals surface area contributed by atoms with Crippen LogP contribution < -0.4 is 0 Å². The SMILES string of the molecule is CC(C)c1cccc2c1cc(C(=O)O)n2Cc1ccccn1. The summed E-state index contributed by atoms with van der Waals surface area (Å²) in [6, 6.07) is 13.5. The van der Waals surface area contributed by atoms with Gasteiger partial charge in [0.05, 0.1) is 12.2 Å². The highest BCUT2D eigenvalue weighted by Crippen LogP contribution is 2.29. The maximum Gasteiger partial charge on any atom is 0.352 e. The Kier molecular flexibility index (Phi) is 3.67. The van der Waals surface area contributed by atoms with Crippen LogP contribution in [-0.2, 0) is 6.54 Å². The minimum absolute atomic E-state index is 0.300. The van der Waals surface area contributed by atoms with Gasteiger partial charge in [-0.05, 0) is 35.7 Å². The highest BCUT2D eigenvalue weighted by Gasteiger charge is 2.17. The largest absolute Gasteiger partial charge is 0.477 e. The van der Waals surface area contributed by atoms with Gasteiger partial charge < -0.3 is 9.67 Å². The van der Waals surface area contributed by atoms with E-state index in [1.807, 2.05) is 34.9 Å². The number of nitrogens with zero attached hydrogens (tertiary/aromatic N) is 2. The van der Waals surface area contributed by atoms with Crippen molar-refractivity contribution in [2.24, 2.45) is 0 Å². The van der Waals surface area contributed by atoms with Crippen molar-refractivity contribution < 1.29 is 9.90 Å². The second-order valence-corrected chi connectivity index (χ2v) is 5.68. The molecule has 1 aromatic carbocycles. The first-order chi connectivity index (χ1) is 10.6. The van der Waals surface area contributed by atoms with E-state index in [1.54, 1.807) is 12.3 Å². The van der Waals surface area contributed by atoms with Gasteiger partial charge >= 0.3 is 5.97 Å². The molecule has 0 fully saturated rings. The van der Waals surface area contributed by atoms with Crippen LogP contribution in [0.4, 0.5) is 0 Å². The lowest BCUT2D eigenvalue weighted by atomic mass is 9.99. The molecule has 0 radical (unpaired) electrons. The fourth-order valence-electron chi connectivity index (χ4n) is 2.81. The number of benzene rings is 1. The Hall–Kier alpha value is -2.62. The minimum atomic E-state index is -0.915. The fraction of sp³-hybridized carbons (Fsp3) is 0.222. The minimum Gasteiger partial charge on any atom is -0.477 e. The van der Waals surface area contributed by atoms with Crippen molar-refractivity contribution in [3.63, 3.8) is 0 Å². The number of aromatic nitrogens is 2. The third kappa shape index (κ3) is 2.48. The van der Waals surface area contributed by atoms with Gasteiger partial charge in [0.1, 0.15) is 5.69 Å². The summed E-state index contributed by atoms with van der Waals surface area (Å²) in [5.74, 6) is -0.571. The molecule has 3 aromatic rings. The molecule has 0 amide bonds. The smallest absolute Gasteiger partial charge is 0.352 e. The maximum absolute atomic E-state index is 11.6. The molecule has 2 aromatic heterocycles. The van der Waals surface area contributed by atoms with Gasteiger partial charge in [-0.3, -0.25) is 4.98 Å². The van der Waals surface area contributed by atoms with Gasteiger partial charge in [0.25, 0.3) is 0 Å². The van der Waals surface area contributed by atoms with E-state index in [0.29, 0.717) is 18.2 Å². The van der Waals surface area contributed by atoms with E-state index in [-0.39, 0.29) is 0 Å². The molecule has 0 aliphatic carbocycles. The molecule has 3 rings (SSSR count). The Labute approximate surface area is 129 Å². The summed E-state index contributed by atoms with van der Waals surface area (Å²) in [7, 11) is 0. The molecule has 0 bridgehead atoms. The number of carboxylic acid groups (broad SMARTS) is 1. The molecule has 1 N–H and O–H groups in total. The topological polar surface area (TPSA) is 55.1 Å². The molecule has 0 saturated carbocycles. The van der Waals surface area contributed by atoms with Crippen LogP contribution in [0.1, 0.15) is 41.5 Å². The summed E-state index contributed by atoms with van der Waals surface area (Å²) >= 11 is 0. The van der Waals surface area contributed by atoms with E-state index in [4.69, 9.17) is 0 Å². The van der Waals surface area contributed by atoms with Gasteiger partial charge in [0.15, 0.2) is 0 Å². The lowest BCUT2D eigenvalue weighted by molar-refractivity contribution is 0.0686. The van der Waals surface area contributed by atoms with Crippen LogP contribution >= 0.6 is 0 Å². The predicted molar refractivity (Wildman–Crippen MR) is 86.3 cm³/mol. The maximum atomic E-state index is 11.6. The molecule has 0 aliphatic rings. The quantitative estimate of drug-likeness (QED) is 0.793. The first-order valence-corrected chi connectivity index (χ1v) is 7.33. The highest BCUT2D eigenvalue weighted by molar-refractivity contribution is 5.96. The third-order valence-electron chi connectivity index (χ3n) is 3.87. The van der Waals surface area contributed by atoms with Crippen molar-refractivity contribution in [3.05, 3.63) is 65.6 Å². The fourth-order valence-corrected chi connectivity index (χ4v) is 2.81. The Bertz CT molecular complexity index is 820. The van der Waals surface area contributed by atoms with Crippen LogP contribution in [0.3, 0.4) is 0 Å². The van der Waals surface area contributed by atoms with Crippen LogP contribution in [0.5, 0.6) is 0 Å². The predicted octanol–water partition coefficient (Wildman–Crippen LogP) is 3.91. The van der Waals surface area contributed by atoms with Crippen molar-refractivity contribution in [3.8, 4) is 0 Å². The van der Waals surface area contributed by atoms with Crippen molar-refractivity contribution >= 4 is 16.9 Å². The van der Waals surface area contributed by atoms with Gasteiger partial charge in [-0.15, -0.1) is 0 Å². The van der Waals surface area contributed by atoms with E-state index in [1.165, 1.54) is 5.56 Å². The van der Waals surface area contributed by atoms with Gasteiger partial charge in [-0.2, -0.15) is 0 Å². The molecule has 0 aliphatic heterocycles. The summed E-state index contributed by atoms with van der Waals surface area (Å²) < 4.78 is 1.83. The van der Waals surface area contributed by atoms with E-state index < -0.39 is 5.97 Å². The molecule has 0 saturated heterocycles. The van der Waals surface area contributed by atoms with Crippen LogP contribution in [0.2, 0.25) is 0 Å². The van der Waals surface area contributed by atoms with E-state index in [0.717, 1.165) is 16.6 Å². The standard InChI is InChI=1S/C18H18N2O2/c1-12(2)14-7-5-8-16-15(14)10-17(18(21)22)20(16)11-13-6-3-4-9-19-13/h3-10,12H,11H2,1-2H3,(H,21,22). The van der Waals surface area contributed by atoms with Crippen molar-refractivity contribution in [1.82, 2.24) is 9.55 Å². The van der Waals surface area contributed by atoms with Crippen LogP contribution in [0, 0.1) is 0 Å². The molecule has 2 heterocycles. The number of fused-ring (bicyclic) bond motifs is 1. The van der Waals surface area contributed by atoms with E-state index in [9.17, 15) is 9.90 Å². The average molecular weight is 294 g/mol. The molecule has 4 nitrogen and oxygen atoms in total. The highest BCUT2D eigenvalue weighted by atomic mass is 16.4. The van der Waals surface area contributed by atoms with Crippen LogP contribution in [0.25, 0.3) is 10.9 Å². The monoisotopic (exact) mass is 294 g/mol. The number of carboxylic acids is 1. The molecular formula is C18H18N2O2. The number of rotatable bonds is 4. The summed E-state index contributed by atoms with van der Waals surface area (Å²) in [4.78, 5) is 15.9. The summed E-state index contributed by atoms with van der Waals surface area (Å²) in [6.45, 7) is 4.68. The van der Waals surface area contributed by atoms with Crippen molar-refractivity contribution in [1.29, 1.82) is 0 Å². The summed E-state index contributed by atoms with van der Waals surface area (Å²) in [5, 5.41) is 10.5. The Morgan fingerprint density at radius 1 is 1.23 bits per heavy atom.